The lowest BCUT2D eigenvalue weighted by atomic mass is 9.96. The van der Waals surface area contributed by atoms with Gasteiger partial charge in [-0.3, -0.25) is 0 Å². The van der Waals surface area contributed by atoms with Crippen LogP contribution in [-0.2, 0) is 4.74 Å². The Morgan fingerprint density at radius 2 is 2.14 bits per heavy atom. The van der Waals surface area contributed by atoms with E-state index in [0.717, 1.165) is 25.8 Å². The van der Waals surface area contributed by atoms with Crippen LogP contribution in [0.2, 0.25) is 0 Å². The predicted molar refractivity (Wildman–Crippen MR) is 93.5 cm³/mol. The van der Waals surface area contributed by atoms with Crippen molar-refractivity contribution in [3.05, 3.63) is 0 Å². The van der Waals surface area contributed by atoms with Gasteiger partial charge in [-0.25, -0.2) is 4.79 Å². The first kappa shape index (κ1) is 17.9. The van der Waals surface area contributed by atoms with Gasteiger partial charge in [-0.2, -0.15) is 11.8 Å². The molecule has 1 amide bonds. The van der Waals surface area contributed by atoms with Crippen LogP contribution in [-0.4, -0.2) is 52.8 Å². The zero-order valence-electron chi connectivity index (χ0n) is 14.6. The van der Waals surface area contributed by atoms with E-state index >= 15 is 0 Å². The Balaban J connectivity index is 1.86. The van der Waals surface area contributed by atoms with Crippen molar-refractivity contribution < 1.29 is 9.53 Å². The van der Waals surface area contributed by atoms with E-state index < -0.39 is 5.60 Å². The van der Waals surface area contributed by atoms with Gasteiger partial charge in [0.05, 0.1) is 0 Å². The topological polar surface area (TPSA) is 41.6 Å². The summed E-state index contributed by atoms with van der Waals surface area (Å²) in [5.74, 6) is 2.50. The molecule has 2 rings (SSSR count). The van der Waals surface area contributed by atoms with Crippen LogP contribution in [0, 0.1) is 0 Å². The highest BCUT2D eigenvalue weighted by Crippen LogP contribution is 2.24. The summed E-state index contributed by atoms with van der Waals surface area (Å²) < 4.78 is 5.59. The smallest absolute Gasteiger partial charge is 0.410 e. The van der Waals surface area contributed by atoms with E-state index in [0.29, 0.717) is 18.1 Å². The van der Waals surface area contributed by atoms with E-state index in [1.54, 1.807) is 0 Å². The summed E-state index contributed by atoms with van der Waals surface area (Å²) in [7, 11) is 0. The number of nitrogens with one attached hydrogen (secondary N) is 1. The van der Waals surface area contributed by atoms with E-state index in [-0.39, 0.29) is 6.09 Å². The number of rotatable bonds is 4. The average molecular weight is 329 g/mol. The van der Waals surface area contributed by atoms with Crippen molar-refractivity contribution in [3.63, 3.8) is 0 Å². The molecule has 0 radical (unpaired) electrons. The number of ether oxygens (including phenoxy) is 1. The third kappa shape index (κ3) is 5.65. The molecule has 0 aromatic rings. The fourth-order valence-electron chi connectivity index (χ4n) is 3.35. The minimum absolute atomic E-state index is 0.138. The Kier molecular flexibility index (Phi) is 6.45. The number of amides is 1. The van der Waals surface area contributed by atoms with Crippen LogP contribution in [0.15, 0.2) is 0 Å². The molecule has 3 unspecified atom stereocenters. The summed E-state index contributed by atoms with van der Waals surface area (Å²) in [5.41, 5.74) is -0.413. The van der Waals surface area contributed by atoms with Crippen LogP contribution in [0.5, 0.6) is 0 Å². The largest absolute Gasteiger partial charge is 0.444 e. The lowest BCUT2D eigenvalue weighted by Gasteiger charge is -2.38. The highest BCUT2D eigenvalue weighted by molar-refractivity contribution is 7.99. The van der Waals surface area contributed by atoms with E-state index in [1.165, 1.54) is 24.3 Å². The number of nitrogens with zero attached hydrogens (tertiary/aromatic N) is 1. The SMILES string of the molecule is CC(CC1CCCCN1C(=O)OC(C)(C)C)NC1CCSC1. The molecular formula is C17H32N2O2S. The van der Waals surface area contributed by atoms with Crippen LogP contribution in [0.25, 0.3) is 0 Å². The molecule has 22 heavy (non-hydrogen) atoms. The number of carbonyl (C=O) groups is 1. The lowest BCUT2D eigenvalue weighted by Crippen LogP contribution is -2.49. The first-order chi connectivity index (χ1) is 10.3. The fourth-order valence-corrected chi connectivity index (χ4v) is 4.52. The van der Waals surface area contributed by atoms with Crippen LogP contribution in [0.1, 0.15) is 59.8 Å². The van der Waals surface area contributed by atoms with Crippen LogP contribution < -0.4 is 5.32 Å². The summed E-state index contributed by atoms with van der Waals surface area (Å²) >= 11 is 2.04. The molecule has 0 aliphatic carbocycles. The Hall–Kier alpha value is -0.420. The molecule has 2 heterocycles. The van der Waals surface area contributed by atoms with Crippen molar-refractivity contribution in [2.75, 3.05) is 18.1 Å². The Labute approximate surface area is 139 Å². The van der Waals surface area contributed by atoms with Crippen molar-refractivity contribution >= 4 is 17.9 Å². The third-order valence-corrected chi connectivity index (χ3v) is 5.49. The van der Waals surface area contributed by atoms with E-state index in [1.807, 2.05) is 37.4 Å². The number of piperidine rings is 1. The van der Waals surface area contributed by atoms with Crippen molar-refractivity contribution in [2.24, 2.45) is 0 Å². The second-order valence-corrected chi connectivity index (χ2v) is 8.84. The molecule has 0 spiro atoms. The van der Waals surface area contributed by atoms with Crippen molar-refractivity contribution in [2.45, 2.75) is 83.5 Å². The molecule has 4 nitrogen and oxygen atoms in total. The molecule has 1 N–H and O–H groups in total. The maximum atomic E-state index is 12.4. The summed E-state index contributed by atoms with van der Waals surface area (Å²) in [6.07, 6.45) is 5.58. The normalized spacial score (nSPS) is 27.7. The monoisotopic (exact) mass is 328 g/mol. The van der Waals surface area contributed by atoms with E-state index in [4.69, 9.17) is 4.74 Å². The number of thioether (sulfide) groups is 1. The molecule has 0 aromatic heterocycles. The van der Waals surface area contributed by atoms with Crippen molar-refractivity contribution in [1.82, 2.24) is 10.2 Å². The zero-order chi connectivity index (χ0) is 16.2. The van der Waals surface area contributed by atoms with Gasteiger partial charge in [0.1, 0.15) is 5.60 Å². The van der Waals surface area contributed by atoms with Gasteiger partial charge in [0, 0.05) is 30.4 Å². The fraction of sp³-hybridized carbons (Fsp3) is 0.941. The number of hydrogen-bond acceptors (Lipinski definition) is 4. The summed E-state index contributed by atoms with van der Waals surface area (Å²) in [6, 6.07) is 1.43. The minimum Gasteiger partial charge on any atom is -0.444 e. The summed E-state index contributed by atoms with van der Waals surface area (Å²) in [6.45, 7) is 8.90. The van der Waals surface area contributed by atoms with Crippen LogP contribution in [0.3, 0.4) is 0 Å². The molecule has 5 heteroatoms. The minimum atomic E-state index is -0.413. The molecule has 2 fully saturated rings. The van der Waals surface area contributed by atoms with Gasteiger partial charge in [-0.1, -0.05) is 0 Å². The number of carbonyl (C=O) groups excluding carboxylic acids is 1. The predicted octanol–water partition coefficient (Wildman–Crippen LogP) is 3.65. The highest BCUT2D eigenvalue weighted by atomic mass is 32.2. The second-order valence-electron chi connectivity index (χ2n) is 7.69. The molecule has 2 aliphatic heterocycles. The van der Waals surface area contributed by atoms with Crippen molar-refractivity contribution in [1.29, 1.82) is 0 Å². The van der Waals surface area contributed by atoms with Gasteiger partial charge in [0.25, 0.3) is 0 Å². The van der Waals surface area contributed by atoms with Gasteiger partial charge < -0.3 is 15.0 Å². The van der Waals surface area contributed by atoms with Gasteiger partial charge in [0.15, 0.2) is 0 Å². The maximum absolute atomic E-state index is 12.4. The molecule has 0 saturated carbocycles. The van der Waals surface area contributed by atoms with Crippen molar-refractivity contribution in [3.8, 4) is 0 Å². The quantitative estimate of drug-likeness (QED) is 0.855. The van der Waals surface area contributed by atoms with E-state index in [2.05, 4.69) is 12.2 Å². The molecule has 3 atom stereocenters. The summed E-state index contributed by atoms with van der Waals surface area (Å²) in [5, 5.41) is 3.73. The maximum Gasteiger partial charge on any atom is 0.410 e. The second kappa shape index (κ2) is 7.91. The van der Waals surface area contributed by atoms with Gasteiger partial charge >= 0.3 is 6.09 Å². The van der Waals surface area contributed by atoms with Crippen LogP contribution >= 0.6 is 11.8 Å². The first-order valence-electron chi connectivity index (χ1n) is 8.68. The van der Waals surface area contributed by atoms with Gasteiger partial charge in [-0.05, 0) is 65.6 Å². The standard InChI is InChI=1S/C17H32N2O2S/c1-13(18-14-8-10-22-12-14)11-15-7-5-6-9-19(15)16(20)21-17(2,3)4/h13-15,18H,5-12H2,1-4H3. The molecule has 0 bridgehead atoms. The molecule has 128 valence electrons. The molecular weight excluding hydrogens is 296 g/mol. The molecule has 2 aliphatic rings. The van der Waals surface area contributed by atoms with Gasteiger partial charge in [-0.15, -0.1) is 0 Å². The Bertz CT molecular complexity index is 364. The first-order valence-corrected chi connectivity index (χ1v) is 9.84. The third-order valence-electron chi connectivity index (χ3n) is 4.33. The van der Waals surface area contributed by atoms with Crippen LogP contribution in [0.4, 0.5) is 4.79 Å². The van der Waals surface area contributed by atoms with Gasteiger partial charge in [0.2, 0.25) is 0 Å². The zero-order valence-corrected chi connectivity index (χ0v) is 15.4. The Morgan fingerprint density at radius 3 is 2.77 bits per heavy atom. The average Bonchev–Trinajstić information content (AvgIpc) is 2.90. The number of likely N-dealkylation sites (tertiary alicyclic amines) is 1. The molecule has 0 aromatic carbocycles. The highest BCUT2D eigenvalue weighted by Gasteiger charge is 2.31. The lowest BCUT2D eigenvalue weighted by molar-refractivity contribution is 0.00782. The number of hydrogen-bond donors (Lipinski definition) is 1. The molecule has 2 saturated heterocycles. The van der Waals surface area contributed by atoms with E-state index in [9.17, 15) is 4.79 Å². The Morgan fingerprint density at radius 1 is 1.36 bits per heavy atom. The summed E-state index contributed by atoms with van der Waals surface area (Å²) in [4.78, 5) is 14.4.